The van der Waals surface area contributed by atoms with Crippen LogP contribution in [0.1, 0.15) is 26.7 Å². The van der Waals surface area contributed by atoms with Gasteiger partial charge in [-0.15, -0.1) is 0 Å². The van der Waals surface area contributed by atoms with Crippen LogP contribution in [0, 0.1) is 5.92 Å². The average molecular weight is 160 g/mol. The van der Waals surface area contributed by atoms with E-state index in [0.717, 1.165) is 24.4 Å². The third-order valence-corrected chi connectivity index (χ3v) is 5.93. The van der Waals surface area contributed by atoms with Crippen LogP contribution in [0.25, 0.3) is 0 Å². The first-order chi connectivity index (χ1) is 4.66. The molecule has 0 spiro atoms. The maximum Gasteiger partial charge on any atom is 0.0875 e. The van der Waals surface area contributed by atoms with Crippen LogP contribution in [0.5, 0.6) is 0 Å². The van der Waals surface area contributed by atoms with Gasteiger partial charge in [-0.1, -0.05) is 13.8 Å². The highest BCUT2D eigenvalue weighted by atomic mass is 31.2. The molecule has 1 fully saturated rings. The van der Waals surface area contributed by atoms with E-state index < -0.39 is 7.14 Å². The topological polar surface area (TPSA) is 17.1 Å². The van der Waals surface area contributed by atoms with E-state index in [-0.39, 0.29) is 0 Å². The van der Waals surface area contributed by atoms with E-state index in [1.165, 1.54) is 12.8 Å². The van der Waals surface area contributed by atoms with Gasteiger partial charge in [0.25, 0.3) is 0 Å². The summed E-state index contributed by atoms with van der Waals surface area (Å²) in [5, 5.41) is 0. The molecule has 2 heteroatoms. The minimum absolute atomic E-state index is 0.827. The summed E-state index contributed by atoms with van der Waals surface area (Å²) < 4.78 is 11.7. The summed E-state index contributed by atoms with van der Waals surface area (Å²) in [5.74, 6) is 0.827. The molecule has 0 radical (unpaired) electrons. The normalized spacial score (nSPS) is 41.6. The van der Waals surface area contributed by atoms with Crippen molar-refractivity contribution in [2.24, 2.45) is 5.92 Å². The average Bonchev–Trinajstić information content (AvgIpc) is 1.96. The van der Waals surface area contributed by atoms with E-state index in [0.29, 0.717) is 0 Å². The molecule has 1 rings (SSSR count). The molecule has 0 N–H and O–H groups in total. The van der Waals surface area contributed by atoms with Gasteiger partial charge in [-0.05, 0) is 24.9 Å². The first kappa shape index (κ1) is 8.33. The lowest BCUT2D eigenvalue weighted by molar-refractivity contribution is 0.499. The van der Waals surface area contributed by atoms with Crippen molar-refractivity contribution in [3.05, 3.63) is 0 Å². The Bertz CT molecular complexity index is 141. The molecule has 0 aromatic carbocycles. The molecule has 1 saturated heterocycles. The summed E-state index contributed by atoms with van der Waals surface area (Å²) in [6, 6.07) is 0. The van der Waals surface area contributed by atoms with Gasteiger partial charge >= 0.3 is 0 Å². The fourth-order valence-corrected chi connectivity index (χ4v) is 4.16. The Morgan fingerprint density at radius 1 is 1.40 bits per heavy atom. The smallest absolute Gasteiger partial charge is 0.0875 e. The molecule has 1 nitrogen and oxygen atoms in total. The van der Waals surface area contributed by atoms with Crippen molar-refractivity contribution in [3.8, 4) is 0 Å². The zero-order chi connectivity index (χ0) is 7.61. The second kappa shape index (κ2) is 3.09. The number of hydrogen-bond acceptors (Lipinski definition) is 1. The van der Waals surface area contributed by atoms with Gasteiger partial charge in [0.2, 0.25) is 0 Å². The van der Waals surface area contributed by atoms with Crippen molar-refractivity contribution in [2.45, 2.75) is 26.7 Å². The number of rotatable bonds is 1. The molecule has 1 heterocycles. The Morgan fingerprint density at radius 2 is 1.90 bits per heavy atom. The second-order valence-electron chi connectivity index (χ2n) is 3.50. The molecular formula is C8H17OP. The Kier molecular flexibility index (Phi) is 2.57. The fraction of sp³-hybridized carbons (Fsp3) is 1.00. The molecule has 0 aliphatic carbocycles. The molecule has 0 unspecified atom stereocenters. The van der Waals surface area contributed by atoms with Crippen LogP contribution < -0.4 is 0 Å². The van der Waals surface area contributed by atoms with Crippen molar-refractivity contribution in [1.29, 1.82) is 0 Å². The highest BCUT2D eigenvalue weighted by molar-refractivity contribution is 7.63. The molecule has 0 atom stereocenters. The zero-order valence-corrected chi connectivity index (χ0v) is 7.86. The van der Waals surface area contributed by atoms with Gasteiger partial charge in [0, 0.05) is 12.3 Å². The van der Waals surface area contributed by atoms with Crippen LogP contribution in [-0.2, 0) is 4.57 Å². The zero-order valence-electron chi connectivity index (χ0n) is 6.97. The molecular weight excluding hydrogens is 143 g/mol. The fourth-order valence-electron chi connectivity index (χ4n) is 1.48. The third-order valence-electron chi connectivity index (χ3n) is 2.64. The predicted molar refractivity (Wildman–Crippen MR) is 46.3 cm³/mol. The third kappa shape index (κ3) is 1.85. The van der Waals surface area contributed by atoms with E-state index >= 15 is 0 Å². The van der Waals surface area contributed by atoms with Crippen molar-refractivity contribution in [2.75, 3.05) is 18.5 Å². The van der Waals surface area contributed by atoms with Gasteiger partial charge in [0.05, 0.1) is 7.14 Å². The standard InChI is InChI=1S/C8H17OP/c1-3-10(9)6-4-8(2)5-7-10/h8H,3-7H2,1-2H3. The van der Waals surface area contributed by atoms with E-state index in [2.05, 4.69) is 13.8 Å². The minimum Gasteiger partial charge on any atom is -0.324 e. The Morgan fingerprint density at radius 3 is 2.30 bits per heavy atom. The van der Waals surface area contributed by atoms with E-state index in [1.807, 2.05) is 0 Å². The SMILES string of the molecule is CCP1(=O)CCC(C)CC1. The molecule has 0 aromatic rings. The molecule has 0 aromatic heterocycles. The summed E-state index contributed by atoms with van der Waals surface area (Å²) in [6.07, 6.45) is 5.37. The molecule has 0 bridgehead atoms. The van der Waals surface area contributed by atoms with E-state index in [1.54, 1.807) is 0 Å². The van der Waals surface area contributed by atoms with Crippen LogP contribution in [0.3, 0.4) is 0 Å². The molecule has 1 aliphatic rings. The Balaban J connectivity index is 2.46. The molecule has 1 aliphatic heterocycles. The lowest BCUT2D eigenvalue weighted by atomic mass is 10.1. The van der Waals surface area contributed by atoms with E-state index in [4.69, 9.17) is 0 Å². The highest BCUT2D eigenvalue weighted by Crippen LogP contribution is 2.50. The summed E-state index contributed by atoms with van der Waals surface area (Å²) in [4.78, 5) is 0. The highest BCUT2D eigenvalue weighted by Gasteiger charge is 2.25. The number of hydrogen-bond donors (Lipinski definition) is 0. The van der Waals surface area contributed by atoms with Gasteiger partial charge in [-0.2, -0.15) is 0 Å². The summed E-state index contributed by atoms with van der Waals surface area (Å²) in [6.45, 7) is 4.33. The van der Waals surface area contributed by atoms with Crippen molar-refractivity contribution in [1.82, 2.24) is 0 Å². The molecule has 0 amide bonds. The van der Waals surface area contributed by atoms with Crippen LogP contribution in [0.4, 0.5) is 0 Å². The van der Waals surface area contributed by atoms with Gasteiger partial charge in [-0.3, -0.25) is 0 Å². The van der Waals surface area contributed by atoms with Crippen LogP contribution in [0.15, 0.2) is 0 Å². The lowest BCUT2D eigenvalue weighted by Crippen LogP contribution is -2.12. The largest absolute Gasteiger partial charge is 0.324 e. The van der Waals surface area contributed by atoms with Crippen molar-refractivity contribution < 1.29 is 4.57 Å². The van der Waals surface area contributed by atoms with Gasteiger partial charge in [-0.25, -0.2) is 0 Å². The molecule has 60 valence electrons. The first-order valence-electron chi connectivity index (χ1n) is 4.23. The lowest BCUT2D eigenvalue weighted by Gasteiger charge is -2.25. The van der Waals surface area contributed by atoms with Crippen molar-refractivity contribution in [3.63, 3.8) is 0 Å². The summed E-state index contributed by atoms with van der Waals surface area (Å²) in [5.41, 5.74) is 0. The van der Waals surface area contributed by atoms with Gasteiger partial charge < -0.3 is 4.57 Å². The summed E-state index contributed by atoms with van der Waals surface area (Å²) >= 11 is 0. The van der Waals surface area contributed by atoms with Crippen LogP contribution in [-0.4, -0.2) is 18.5 Å². The monoisotopic (exact) mass is 160 g/mol. The predicted octanol–water partition coefficient (Wildman–Crippen LogP) is 2.80. The molecule has 10 heavy (non-hydrogen) atoms. The first-order valence-corrected chi connectivity index (χ1v) is 6.49. The van der Waals surface area contributed by atoms with Crippen LogP contribution >= 0.6 is 7.14 Å². The second-order valence-corrected chi connectivity index (χ2v) is 7.15. The Labute approximate surface area is 63.6 Å². The molecule has 0 saturated carbocycles. The minimum atomic E-state index is -1.63. The van der Waals surface area contributed by atoms with Crippen LogP contribution in [0.2, 0.25) is 0 Å². The van der Waals surface area contributed by atoms with Gasteiger partial charge in [0.1, 0.15) is 0 Å². The summed E-state index contributed by atoms with van der Waals surface area (Å²) in [7, 11) is -1.63. The van der Waals surface area contributed by atoms with E-state index in [9.17, 15) is 4.57 Å². The maximum atomic E-state index is 11.7. The maximum absolute atomic E-state index is 11.7. The Hall–Kier alpha value is 0.230. The van der Waals surface area contributed by atoms with Crippen molar-refractivity contribution >= 4 is 7.14 Å². The quantitative estimate of drug-likeness (QED) is 0.539. The van der Waals surface area contributed by atoms with Gasteiger partial charge in [0.15, 0.2) is 0 Å².